The normalized spacial score (nSPS) is 19.2. The highest BCUT2D eigenvalue weighted by Gasteiger charge is 2.36. The molecule has 11 heteroatoms. The van der Waals surface area contributed by atoms with Gasteiger partial charge in [-0.25, -0.2) is 14.4 Å². The summed E-state index contributed by atoms with van der Waals surface area (Å²) in [5.74, 6) is -0.632. The summed E-state index contributed by atoms with van der Waals surface area (Å²) in [7, 11) is 1.66. The van der Waals surface area contributed by atoms with Crippen LogP contribution in [0.4, 0.5) is 34.8 Å². The van der Waals surface area contributed by atoms with Crippen LogP contribution in [-0.2, 0) is 13.2 Å². The summed E-state index contributed by atoms with van der Waals surface area (Å²) in [6.07, 6.45) is -1.81. The summed E-state index contributed by atoms with van der Waals surface area (Å²) >= 11 is 0. The van der Waals surface area contributed by atoms with Crippen molar-refractivity contribution in [1.82, 2.24) is 25.1 Å². The molecule has 0 spiro atoms. The van der Waals surface area contributed by atoms with Crippen molar-refractivity contribution in [3.05, 3.63) is 48.2 Å². The van der Waals surface area contributed by atoms with Gasteiger partial charge in [-0.15, -0.1) is 0 Å². The molecule has 0 amide bonds. The van der Waals surface area contributed by atoms with E-state index in [1.165, 1.54) is 17.1 Å². The Morgan fingerprint density at radius 2 is 1.79 bits per heavy atom. The molecule has 1 aliphatic rings. The highest BCUT2D eigenvalue weighted by atomic mass is 19.4. The van der Waals surface area contributed by atoms with Crippen molar-refractivity contribution in [3.63, 3.8) is 0 Å². The van der Waals surface area contributed by atoms with Crippen LogP contribution in [0.2, 0.25) is 0 Å². The van der Waals surface area contributed by atoms with Crippen LogP contribution in [0.25, 0.3) is 21.8 Å². The molecule has 5 rings (SSSR count). The standard InChI is InChI=1S/C23H23F4N7/c1-12-8-34(9-13(2)30-12)16-6-17(23(25,26)27)20-19(7-16)28-11-29-22(20)31-15-4-14-10-33(3)32-21(14)18(24)5-15/h4-7,10-13,30H,8-9H2,1-3H3,(H,28,29,31)/t12-,13+. The molecule has 178 valence electrons. The summed E-state index contributed by atoms with van der Waals surface area (Å²) < 4.78 is 58.7. The fourth-order valence-corrected chi connectivity index (χ4v) is 4.64. The fraction of sp³-hybridized carbons (Fsp3) is 0.348. The third-order valence-corrected chi connectivity index (χ3v) is 5.89. The summed E-state index contributed by atoms with van der Waals surface area (Å²) in [4.78, 5) is 10.1. The van der Waals surface area contributed by atoms with Crippen molar-refractivity contribution in [1.29, 1.82) is 0 Å². The summed E-state index contributed by atoms with van der Waals surface area (Å²) in [6.45, 7) is 5.15. The van der Waals surface area contributed by atoms with Gasteiger partial charge in [0.2, 0.25) is 0 Å². The highest BCUT2D eigenvalue weighted by Crippen LogP contribution is 2.40. The van der Waals surface area contributed by atoms with Crippen molar-refractivity contribution in [2.75, 3.05) is 23.3 Å². The first-order valence-corrected chi connectivity index (χ1v) is 10.9. The molecule has 1 fully saturated rings. The number of hydrogen-bond donors (Lipinski definition) is 2. The molecule has 2 N–H and O–H groups in total. The van der Waals surface area contributed by atoms with Gasteiger partial charge in [-0.05, 0) is 38.1 Å². The Morgan fingerprint density at radius 1 is 1.06 bits per heavy atom. The summed E-state index contributed by atoms with van der Waals surface area (Å²) in [5, 5.41) is 10.6. The molecule has 2 aromatic heterocycles. The Morgan fingerprint density at radius 3 is 2.50 bits per heavy atom. The topological polar surface area (TPSA) is 70.9 Å². The number of fused-ring (bicyclic) bond motifs is 2. The van der Waals surface area contributed by atoms with Gasteiger partial charge in [0.25, 0.3) is 0 Å². The van der Waals surface area contributed by atoms with Crippen LogP contribution in [0, 0.1) is 5.82 Å². The molecule has 0 unspecified atom stereocenters. The van der Waals surface area contributed by atoms with Gasteiger partial charge >= 0.3 is 6.18 Å². The number of anilines is 3. The average Bonchev–Trinajstić information content (AvgIpc) is 3.12. The lowest BCUT2D eigenvalue weighted by Gasteiger charge is -2.38. The lowest BCUT2D eigenvalue weighted by molar-refractivity contribution is -0.136. The summed E-state index contributed by atoms with van der Waals surface area (Å²) in [5.41, 5.74) is 0.210. The zero-order chi connectivity index (χ0) is 24.2. The van der Waals surface area contributed by atoms with Crippen LogP contribution >= 0.6 is 0 Å². The lowest BCUT2D eigenvalue weighted by Crippen LogP contribution is -2.54. The zero-order valence-electron chi connectivity index (χ0n) is 18.8. The van der Waals surface area contributed by atoms with E-state index in [1.54, 1.807) is 25.4 Å². The van der Waals surface area contributed by atoms with Crippen LogP contribution in [0.1, 0.15) is 19.4 Å². The van der Waals surface area contributed by atoms with Crippen molar-refractivity contribution in [2.24, 2.45) is 7.05 Å². The van der Waals surface area contributed by atoms with Gasteiger partial charge in [0.15, 0.2) is 5.82 Å². The number of benzene rings is 2. The molecule has 1 saturated heterocycles. The van der Waals surface area contributed by atoms with Crippen LogP contribution in [0.3, 0.4) is 0 Å². The van der Waals surface area contributed by atoms with E-state index in [4.69, 9.17) is 0 Å². The minimum Gasteiger partial charge on any atom is -0.368 e. The van der Waals surface area contributed by atoms with E-state index >= 15 is 0 Å². The molecule has 7 nitrogen and oxygen atoms in total. The molecule has 0 bridgehead atoms. The molecule has 0 radical (unpaired) electrons. The second-order valence-corrected chi connectivity index (χ2v) is 8.80. The monoisotopic (exact) mass is 473 g/mol. The van der Waals surface area contributed by atoms with Gasteiger partial charge in [-0.3, -0.25) is 4.68 Å². The molecule has 1 aliphatic heterocycles. The van der Waals surface area contributed by atoms with E-state index in [9.17, 15) is 17.6 Å². The number of alkyl halides is 3. The molecule has 0 aliphatic carbocycles. The number of aryl methyl sites for hydroxylation is 1. The van der Waals surface area contributed by atoms with E-state index < -0.39 is 17.6 Å². The zero-order valence-corrected chi connectivity index (χ0v) is 18.8. The maximum absolute atomic E-state index is 14.5. The third kappa shape index (κ3) is 4.11. The smallest absolute Gasteiger partial charge is 0.368 e. The molecule has 2 aromatic carbocycles. The summed E-state index contributed by atoms with van der Waals surface area (Å²) in [6, 6.07) is 5.86. The number of halogens is 4. The van der Waals surface area contributed by atoms with Crippen LogP contribution in [-0.4, -0.2) is 44.9 Å². The Labute approximate surface area is 192 Å². The second kappa shape index (κ2) is 8.08. The maximum Gasteiger partial charge on any atom is 0.417 e. The Balaban J connectivity index is 1.62. The van der Waals surface area contributed by atoms with Crippen LogP contribution in [0.5, 0.6) is 0 Å². The van der Waals surface area contributed by atoms with Gasteiger partial charge in [-0.1, -0.05) is 0 Å². The predicted octanol–water partition coefficient (Wildman–Crippen LogP) is 4.60. The van der Waals surface area contributed by atoms with Gasteiger partial charge in [0.05, 0.1) is 16.5 Å². The molecular weight excluding hydrogens is 450 g/mol. The molecule has 0 saturated carbocycles. The van der Waals surface area contributed by atoms with Crippen molar-refractivity contribution in [3.8, 4) is 0 Å². The molecule has 2 atom stereocenters. The van der Waals surface area contributed by atoms with Gasteiger partial charge in [-0.2, -0.15) is 18.3 Å². The number of nitrogens with zero attached hydrogens (tertiary/aromatic N) is 5. The maximum atomic E-state index is 14.5. The minimum absolute atomic E-state index is 0.0476. The largest absolute Gasteiger partial charge is 0.417 e. The molecule has 34 heavy (non-hydrogen) atoms. The Hall–Kier alpha value is -3.47. The van der Waals surface area contributed by atoms with E-state index in [-0.39, 0.29) is 40.0 Å². The SMILES string of the molecule is C[C@@H]1CN(c2cc(C(F)(F)F)c3c(Nc4cc(F)c5nn(C)cc5c4)ncnc3c2)C[C@H](C)N1. The second-order valence-electron chi connectivity index (χ2n) is 8.80. The number of aromatic nitrogens is 4. The van der Waals surface area contributed by atoms with Crippen molar-refractivity contribution in [2.45, 2.75) is 32.1 Å². The molecule has 4 aromatic rings. The lowest BCUT2D eigenvalue weighted by atomic mass is 10.0. The quantitative estimate of drug-likeness (QED) is 0.424. The van der Waals surface area contributed by atoms with Crippen molar-refractivity contribution < 1.29 is 17.6 Å². The Bertz CT molecular complexity index is 1370. The van der Waals surface area contributed by atoms with Crippen LogP contribution in [0.15, 0.2) is 36.8 Å². The molecule has 3 heterocycles. The molecular formula is C23H23F4N7. The van der Waals surface area contributed by atoms with Crippen LogP contribution < -0.4 is 15.5 Å². The third-order valence-electron chi connectivity index (χ3n) is 5.89. The number of rotatable bonds is 3. The highest BCUT2D eigenvalue weighted by molar-refractivity contribution is 5.96. The number of nitrogens with one attached hydrogen (secondary N) is 2. The minimum atomic E-state index is -4.64. The average molecular weight is 473 g/mol. The number of piperazine rings is 1. The first kappa shape index (κ1) is 22.3. The Kier molecular flexibility index (Phi) is 5.31. The first-order valence-electron chi connectivity index (χ1n) is 10.9. The van der Waals surface area contributed by atoms with Gasteiger partial charge in [0.1, 0.15) is 17.7 Å². The van der Waals surface area contributed by atoms with E-state index in [0.717, 1.165) is 6.07 Å². The van der Waals surface area contributed by atoms with Crippen molar-refractivity contribution >= 4 is 39.0 Å². The number of hydrogen-bond acceptors (Lipinski definition) is 6. The van der Waals surface area contributed by atoms with E-state index in [1.807, 2.05) is 18.7 Å². The van der Waals surface area contributed by atoms with Gasteiger partial charge < -0.3 is 15.5 Å². The predicted molar refractivity (Wildman–Crippen MR) is 123 cm³/mol. The van der Waals surface area contributed by atoms with Gasteiger partial charge in [0, 0.05) is 55.2 Å². The van der Waals surface area contributed by atoms with E-state index in [2.05, 4.69) is 25.7 Å². The van der Waals surface area contributed by atoms with E-state index in [0.29, 0.717) is 24.2 Å². The first-order chi connectivity index (χ1) is 16.1. The fourth-order valence-electron chi connectivity index (χ4n) is 4.64.